The Morgan fingerprint density at radius 3 is 1.73 bits per heavy atom. The topological polar surface area (TPSA) is 0 Å². The SMILES string of the molecule is CC1C=C(C(C)(C)C)C=[C]1[Hf](=[C](c1ccccc1)c1ccccc1)[c]1c(C(C)(C)C)ccc2c1Cc1cc(C(C)(C)C)ccc1-2. The van der Waals surface area contributed by atoms with Crippen LogP contribution in [0.5, 0.6) is 0 Å². The number of hydrogen-bond donors (Lipinski definition) is 0. The standard InChI is InChI=1S/C21H25.C13H10.C10H15.Hf/c1-20(2,3)16-7-9-18-14(12-16)11-15-13-17(21(4,5)6)8-10-19(15)18;1-3-7-12(8-4-1)11-13-9-5-2-6-10-13;1-8-5-6-9(7-8)10(2,3)4;/h7-10,12H,11H2,1-6H3;1-10H;6-8H,1-4H3;. The summed E-state index contributed by atoms with van der Waals surface area (Å²) in [5.41, 5.74) is 13.6. The first-order valence-corrected chi connectivity index (χ1v) is 22.1. The Balaban J connectivity index is 1.75. The van der Waals surface area contributed by atoms with Crippen LogP contribution in [0.3, 0.4) is 0 Å². The van der Waals surface area contributed by atoms with Crippen molar-refractivity contribution in [2.75, 3.05) is 0 Å². The van der Waals surface area contributed by atoms with E-state index in [0.29, 0.717) is 5.92 Å². The van der Waals surface area contributed by atoms with Gasteiger partial charge >= 0.3 is 282 Å². The number of allylic oxidation sites excluding steroid dienone is 4. The summed E-state index contributed by atoms with van der Waals surface area (Å²) in [4.78, 5) is 0. The van der Waals surface area contributed by atoms with Gasteiger partial charge in [0.05, 0.1) is 0 Å². The molecule has 0 N–H and O–H groups in total. The molecule has 0 nitrogen and oxygen atoms in total. The molecule has 0 fully saturated rings. The fourth-order valence-electron chi connectivity index (χ4n) is 7.21. The van der Waals surface area contributed by atoms with Crippen LogP contribution in [0.2, 0.25) is 0 Å². The van der Waals surface area contributed by atoms with E-state index < -0.39 is 21.0 Å². The van der Waals surface area contributed by atoms with Crippen molar-refractivity contribution in [1.82, 2.24) is 0 Å². The van der Waals surface area contributed by atoms with Gasteiger partial charge in [-0.2, -0.15) is 0 Å². The molecule has 45 heavy (non-hydrogen) atoms. The molecule has 2 aliphatic rings. The Kier molecular flexibility index (Phi) is 8.35. The summed E-state index contributed by atoms with van der Waals surface area (Å²) in [5.74, 6) is 0.434. The summed E-state index contributed by atoms with van der Waals surface area (Å²) in [7, 11) is 0. The van der Waals surface area contributed by atoms with Gasteiger partial charge in [-0.1, -0.05) is 0 Å². The summed E-state index contributed by atoms with van der Waals surface area (Å²) in [6.07, 6.45) is 6.27. The van der Waals surface area contributed by atoms with Crippen LogP contribution in [0.1, 0.15) is 103 Å². The monoisotopic (exact) mass is 758 g/mol. The molecule has 4 aromatic rings. The molecule has 0 spiro atoms. The fourth-order valence-corrected chi connectivity index (χ4v) is 21.0. The van der Waals surface area contributed by atoms with Crippen LogP contribution in [0.15, 0.2) is 112 Å². The molecule has 2 aliphatic carbocycles. The molecule has 230 valence electrons. The minimum atomic E-state index is -3.15. The summed E-state index contributed by atoms with van der Waals surface area (Å²) < 4.78 is 5.06. The summed E-state index contributed by atoms with van der Waals surface area (Å²) in [6.45, 7) is 23.9. The third-order valence-corrected chi connectivity index (χ3v) is 21.7. The van der Waals surface area contributed by atoms with Crippen LogP contribution >= 0.6 is 0 Å². The molecule has 0 aromatic heterocycles. The second-order valence-corrected chi connectivity index (χ2v) is 24.7. The van der Waals surface area contributed by atoms with E-state index >= 15 is 0 Å². The molecular weight excluding hydrogens is 707 g/mol. The van der Waals surface area contributed by atoms with Crippen LogP contribution in [-0.2, 0) is 38.2 Å². The van der Waals surface area contributed by atoms with Crippen molar-refractivity contribution in [3.8, 4) is 11.1 Å². The van der Waals surface area contributed by atoms with Gasteiger partial charge in [-0.3, -0.25) is 0 Å². The average molecular weight is 757 g/mol. The van der Waals surface area contributed by atoms with Crippen molar-refractivity contribution in [2.45, 2.75) is 86.5 Å². The van der Waals surface area contributed by atoms with E-state index in [1.54, 1.807) is 21.0 Å². The zero-order valence-corrected chi connectivity index (χ0v) is 32.7. The fraction of sp³-hybridized carbons (Fsp3) is 0.341. The minimum absolute atomic E-state index is 0.0345. The molecule has 6 rings (SSSR count). The molecule has 0 saturated heterocycles. The first-order valence-electron chi connectivity index (χ1n) is 16.7. The maximum atomic E-state index is 2.66. The van der Waals surface area contributed by atoms with Gasteiger partial charge < -0.3 is 0 Å². The summed E-state index contributed by atoms with van der Waals surface area (Å²) in [5, 5.41) is 0. The van der Waals surface area contributed by atoms with Crippen LogP contribution in [0.4, 0.5) is 0 Å². The van der Waals surface area contributed by atoms with Gasteiger partial charge in [-0.05, 0) is 0 Å². The van der Waals surface area contributed by atoms with Crippen molar-refractivity contribution in [1.29, 1.82) is 0 Å². The van der Waals surface area contributed by atoms with E-state index in [1.165, 1.54) is 39.0 Å². The van der Waals surface area contributed by atoms with Crippen LogP contribution in [0.25, 0.3) is 11.1 Å². The van der Waals surface area contributed by atoms with Gasteiger partial charge in [0.25, 0.3) is 0 Å². The average Bonchev–Trinajstić information content (AvgIpc) is 3.55. The van der Waals surface area contributed by atoms with Crippen molar-refractivity contribution in [3.05, 3.63) is 145 Å². The molecule has 0 amide bonds. The van der Waals surface area contributed by atoms with Gasteiger partial charge in [0, 0.05) is 0 Å². The van der Waals surface area contributed by atoms with Gasteiger partial charge in [-0.25, -0.2) is 0 Å². The van der Waals surface area contributed by atoms with Crippen LogP contribution < -0.4 is 3.32 Å². The number of benzene rings is 4. The van der Waals surface area contributed by atoms with Gasteiger partial charge in [0.15, 0.2) is 0 Å². The molecule has 1 heteroatoms. The van der Waals surface area contributed by atoms with E-state index in [-0.39, 0.29) is 16.2 Å². The van der Waals surface area contributed by atoms with Gasteiger partial charge in [-0.15, -0.1) is 0 Å². The third kappa shape index (κ3) is 6.15. The van der Waals surface area contributed by atoms with E-state index in [4.69, 9.17) is 0 Å². The van der Waals surface area contributed by atoms with Crippen molar-refractivity contribution >= 4 is 6.58 Å². The normalized spacial score (nSPS) is 16.2. The van der Waals surface area contributed by atoms with Crippen molar-refractivity contribution in [3.63, 3.8) is 0 Å². The van der Waals surface area contributed by atoms with E-state index in [9.17, 15) is 0 Å². The van der Waals surface area contributed by atoms with Crippen LogP contribution in [0, 0.1) is 11.3 Å². The van der Waals surface area contributed by atoms with E-state index in [2.05, 4.69) is 172 Å². The van der Waals surface area contributed by atoms with Gasteiger partial charge in [0.2, 0.25) is 0 Å². The summed E-state index contributed by atoms with van der Waals surface area (Å²) >= 11 is -3.15. The maximum absolute atomic E-state index is 3.15. The van der Waals surface area contributed by atoms with Crippen molar-refractivity contribution < 1.29 is 21.0 Å². The molecule has 1 unspecified atom stereocenters. The molecule has 0 saturated carbocycles. The third-order valence-electron chi connectivity index (χ3n) is 9.76. The molecular formula is C44H50Hf. The Labute approximate surface area is 280 Å². The second-order valence-electron chi connectivity index (χ2n) is 16.3. The van der Waals surface area contributed by atoms with E-state index in [0.717, 1.165) is 6.42 Å². The Morgan fingerprint density at radius 2 is 1.22 bits per heavy atom. The Morgan fingerprint density at radius 1 is 0.644 bits per heavy atom. The molecule has 0 radical (unpaired) electrons. The number of rotatable bonds is 4. The quantitative estimate of drug-likeness (QED) is 0.160. The predicted molar refractivity (Wildman–Crippen MR) is 193 cm³/mol. The predicted octanol–water partition coefficient (Wildman–Crippen LogP) is 10.9. The first kappa shape index (κ1) is 32.1. The number of fused-ring (bicyclic) bond motifs is 3. The second kappa shape index (κ2) is 11.7. The molecule has 4 aromatic carbocycles. The Bertz CT molecular complexity index is 1800. The number of hydrogen-bond acceptors (Lipinski definition) is 0. The van der Waals surface area contributed by atoms with Crippen LogP contribution in [-0.4, -0.2) is 3.26 Å². The summed E-state index contributed by atoms with van der Waals surface area (Å²) in [6, 6.07) is 35.0. The van der Waals surface area contributed by atoms with Crippen molar-refractivity contribution in [2.24, 2.45) is 11.3 Å². The molecule has 1 atom stereocenters. The van der Waals surface area contributed by atoms with Gasteiger partial charge in [0.1, 0.15) is 0 Å². The first-order chi connectivity index (χ1) is 21.1. The Hall–Kier alpha value is -2.90. The molecule has 0 aliphatic heterocycles. The molecule has 0 bridgehead atoms. The van der Waals surface area contributed by atoms with E-state index in [1.807, 2.05) is 0 Å². The molecule has 0 heterocycles. The zero-order chi connectivity index (χ0) is 32.3. The zero-order valence-electron chi connectivity index (χ0n) is 29.1.